The molecular weight excluding hydrogens is 256 g/mol. The van der Waals surface area contributed by atoms with Gasteiger partial charge in [0.1, 0.15) is 17.5 Å². The standard InChI is InChI=1S/C14H26N4O2/c1-6-11-17-12(15-4)10(2)13(18-11)16-9-14(3,19)7-8-20-5/h19H,6-9H2,1-5H3,(H2,15,16,17,18). The maximum absolute atomic E-state index is 10.2. The van der Waals surface area contributed by atoms with E-state index in [4.69, 9.17) is 4.74 Å². The van der Waals surface area contributed by atoms with Gasteiger partial charge in [-0.15, -0.1) is 0 Å². The Balaban J connectivity index is 2.81. The van der Waals surface area contributed by atoms with Crippen LogP contribution >= 0.6 is 0 Å². The fraction of sp³-hybridized carbons (Fsp3) is 0.714. The van der Waals surface area contributed by atoms with Crippen molar-refractivity contribution in [3.05, 3.63) is 11.4 Å². The summed E-state index contributed by atoms with van der Waals surface area (Å²) in [5.41, 5.74) is 0.117. The minimum absolute atomic E-state index is 0.417. The van der Waals surface area contributed by atoms with Crippen LogP contribution < -0.4 is 10.6 Å². The van der Waals surface area contributed by atoms with E-state index in [1.54, 1.807) is 14.0 Å². The summed E-state index contributed by atoms with van der Waals surface area (Å²) in [5.74, 6) is 2.36. The van der Waals surface area contributed by atoms with Gasteiger partial charge in [-0.2, -0.15) is 0 Å². The Morgan fingerprint density at radius 2 is 1.95 bits per heavy atom. The smallest absolute Gasteiger partial charge is 0.134 e. The van der Waals surface area contributed by atoms with Crippen molar-refractivity contribution in [3.8, 4) is 0 Å². The molecule has 0 fully saturated rings. The van der Waals surface area contributed by atoms with E-state index in [-0.39, 0.29) is 0 Å². The van der Waals surface area contributed by atoms with Gasteiger partial charge in [-0.05, 0) is 13.8 Å². The molecule has 0 aliphatic heterocycles. The molecule has 1 unspecified atom stereocenters. The lowest BCUT2D eigenvalue weighted by atomic mass is 10.0. The molecule has 3 N–H and O–H groups in total. The first-order valence-electron chi connectivity index (χ1n) is 6.94. The van der Waals surface area contributed by atoms with Gasteiger partial charge in [-0.25, -0.2) is 9.97 Å². The highest BCUT2D eigenvalue weighted by molar-refractivity contribution is 5.57. The Bertz CT molecular complexity index is 435. The fourth-order valence-electron chi connectivity index (χ4n) is 1.82. The molecule has 1 heterocycles. The molecule has 0 saturated carbocycles. The van der Waals surface area contributed by atoms with E-state index in [2.05, 4.69) is 20.6 Å². The molecular formula is C14H26N4O2. The first-order chi connectivity index (χ1) is 9.43. The van der Waals surface area contributed by atoms with Crippen LogP contribution in [-0.2, 0) is 11.2 Å². The summed E-state index contributed by atoms with van der Waals surface area (Å²) < 4.78 is 5.00. The minimum atomic E-state index is -0.834. The van der Waals surface area contributed by atoms with Crippen molar-refractivity contribution in [1.82, 2.24) is 9.97 Å². The number of aryl methyl sites for hydroxylation is 1. The molecule has 1 atom stereocenters. The number of aliphatic hydroxyl groups is 1. The highest BCUT2D eigenvalue weighted by Crippen LogP contribution is 2.21. The summed E-state index contributed by atoms with van der Waals surface area (Å²) in [6.07, 6.45) is 1.34. The van der Waals surface area contributed by atoms with Gasteiger partial charge in [0, 0.05) is 45.7 Å². The van der Waals surface area contributed by atoms with Gasteiger partial charge in [-0.1, -0.05) is 6.92 Å². The summed E-state index contributed by atoms with van der Waals surface area (Å²) in [6.45, 7) is 6.70. The second kappa shape index (κ2) is 7.40. The van der Waals surface area contributed by atoms with Crippen LogP contribution in [-0.4, -0.2) is 48.0 Å². The Morgan fingerprint density at radius 1 is 1.30 bits per heavy atom. The number of methoxy groups -OCH3 is 1. The van der Waals surface area contributed by atoms with E-state index in [1.807, 2.05) is 20.9 Å². The number of anilines is 2. The molecule has 0 bridgehead atoms. The molecule has 6 heteroatoms. The number of rotatable bonds is 8. The highest BCUT2D eigenvalue weighted by Gasteiger charge is 2.21. The van der Waals surface area contributed by atoms with Crippen molar-refractivity contribution < 1.29 is 9.84 Å². The predicted octanol–water partition coefficient (Wildman–Crippen LogP) is 1.59. The van der Waals surface area contributed by atoms with Gasteiger partial charge in [0.05, 0.1) is 5.60 Å². The molecule has 0 amide bonds. The molecule has 1 aromatic heterocycles. The average Bonchev–Trinajstić information content (AvgIpc) is 2.44. The van der Waals surface area contributed by atoms with E-state index in [9.17, 15) is 5.11 Å². The topological polar surface area (TPSA) is 79.3 Å². The first-order valence-corrected chi connectivity index (χ1v) is 6.94. The van der Waals surface area contributed by atoms with E-state index >= 15 is 0 Å². The molecule has 0 saturated heterocycles. The van der Waals surface area contributed by atoms with Crippen LogP contribution in [0, 0.1) is 6.92 Å². The molecule has 1 rings (SSSR count). The maximum atomic E-state index is 10.2. The highest BCUT2D eigenvalue weighted by atomic mass is 16.5. The quantitative estimate of drug-likeness (QED) is 0.672. The number of hydrogen-bond donors (Lipinski definition) is 3. The lowest BCUT2D eigenvalue weighted by Crippen LogP contribution is -2.35. The number of hydrogen-bond acceptors (Lipinski definition) is 6. The van der Waals surface area contributed by atoms with Crippen molar-refractivity contribution >= 4 is 11.6 Å². The zero-order chi connectivity index (χ0) is 15.2. The molecule has 0 aromatic carbocycles. The average molecular weight is 282 g/mol. The zero-order valence-electron chi connectivity index (χ0n) is 13.1. The fourth-order valence-corrected chi connectivity index (χ4v) is 1.82. The monoisotopic (exact) mass is 282 g/mol. The Labute approximate surface area is 121 Å². The molecule has 0 spiro atoms. The second-order valence-corrected chi connectivity index (χ2v) is 5.16. The first kappa shape index (κ1) is 16.7. The summed E-state index contributed by atoms with van der Waals surface area (Å²) in [6, 6.07) is 0. The normalized spacial score (nSPS) is 13.9. The van der Waals surface area contributed by atoms with Gasteiger partial charge in [-0.3, -0.25) is 0 Å². The number of aromatic nitrogens is 2. The van der Waals surface area contributed by atoms with Crippen LogP contribution in [0.4, 0.5) is 11.6 Å². The van der Waals surface area contributed by atoms with Gasteiger partial charge >= 0.3 is 0 Å². The third kappa shape index (κ3) is 4.61. The number of ether oxygens (including phenoxy) is 1. The van der Waals surface area contributed by atoms with Crippen LogP contribution in [0.15, 0.2) is 0 Å². The van der Waals surface area contributed by atoms with Crippen molar-refractivity contribution in [2.75, 3.05) is 37.9 Å². The maximum Gasteiger partial charge on any atom is 0.134 e. The Morgan fingerprint density at radius 3 is 2.50 bits per heavy atom. The van der Waals surface area contributed by atoms with Gasteiger partial charge in [0.15, 0.2) is 0 Å². The largest absolute Gasteiger partial charge is 0.388 e. The predicted molar refractivity (Wildman–Crippen MR) is 81.3 cm³/mol. The van der Waals surface area contributed by atoms with E-state index in [0.717, 1.165) is 29.4 Å². The molecule has 0 aliphatic rings. The van der Waals surface area contributed by atoms with Gasteiger partial charge in [0.25, 0.3) is 0 Å². The zero-order valence-corrected chi connectivity index (χ0v) is 13.1. The summed E-state index contributed by atoms with van der Waals surface area (Å²) >= 11 is 0. The second-order valence-electron chi connectivity index (χ2n) is 5.16. The lowest BCUT2D eigenvalue weighted by Gasteiger charge is -2.24. The number of nitrogens with one attached hydrogen (secondary N) is 2. The lowest BCUT2D eigenvalue weighted by molar-refractivity contribution is 0.0357. The van der Waals surface area contributed by atoms with Crippen molar-refractivity contribution in [2.24, 2.45) is 0 Å². The molecule has 6 nitrogen and oxygen atoms in total. The third-order valence-corrected chi connectivity index (χ3v) is 3.23. The van der Waals surface area contributed by atoms with E-state index < -0.39 is 5.60 Å². The van der Waals surface area contributed by atoms with Crippen LogP contribution in [0.5, 0.6) is 0 Å². The third-order valence-electron chi connectivity index (χ3n) is 3.23. The SMILES string of the molecule is CCc1nc(NC)c(C)c(NCC(C)(O)CCOC)n1. The van der Waals surface area contributed by atoms with Crippen LogP contribution in [0.25, 0.3) is 0 Å². The van der Waals surface area contributed by atoms with E-state index in [0.29, 0.717) is 19.6 Å². The molecule has 20 heavy (non-hydrogen) atoms. The molecule has 0 radical (unpaired) electrons. The van der Waals surface area contributed by atoms with Crippen molar-refractivity contribution in [1.29, 1.82) is 0 Å². The Kier molecular flexibility index (Phi) is 6.16. The minimum Gasteiger partial charge on any atom is -0.388 e. The van der Waals surface area contributed by atoms with Crippen LogP contribution in [0.2, 0.25) is 0 Å². The summed E-state index contributed by atoms with van der Waals surface area (Å²) in [4.78, 5) is 8.90. The molecule has 0 aliphatic carbocycles. The van der Waals surface area contributed by atoms with Crippen LogP contribution in [0.3, 0.4) is 0 Å². The van der Waals surface area contributed by atoms with Gasteiger partial charge < -0.3 is 20.5 Å². The molecule has 114 valence electrons. The van der Waals surface area contributed by atoms with Crippen LogP contribution in [0.1, 0.15) is 31.7 Å². The molecule has 1 aromatic rings. The van der Waals surface area contributed by atoms with E-state index in [1.165, 1.54) is 0 Å². The van der Waals surface area contributed by atoms with Crippen molar-refractivity contribution in [2.45, 2.75) is 39.2 Å². The Hall–Kier alpha value is -1.40. The number of nitrogens with zero attached hydrogens (tertiary/aromatic N) is 2. The van der Waals surface area contributed by atoms with Crippen molar-refractivity contribution in [3.63, 3.8) is 0 Å². The van der Waals surface area contributed by atoms with Gasteiger partial charge in [0.2, 0.25) is 0 Å². The summed E-state index contributed by atoms with van der Waals surface area (Å²) in [7, 11) is 3.47. The summed E-state index contributed by atoms with van der Waals surface area (Å²) in [5, 5.41) is 16.5.